The highest BCUT2D eigenvalue weighted by Gasteiger charge is 2.43. The summed E-state index contributed by atoms with van der Waals surface area (Å²) in [6.07, 6.45) is 2.14. The molecule has 2 aromatic carbocycles. The molecule has 1 fully saturated rings. The summed E-state index contributed by atoms with van der Waals surface area (Å²) in [5.41, 5.74) is 1.74. The van der Waals surface area contributed by atoms with Crippen molar-refractivity contribution in [2.24, 2.45) is 5.92 Å². The van der Waals surface area contributed by atoms with Gasteiger partial charge in [-0.15, -0.1) is 0 Å². The average molecular weight is 549 g/mol. The number of halogens is 2. The molecule has 4 rings (SSSR count). The van der Waals surface area contributed by atoms with Crippen LogP contribution in [0.4, 0.5) is 0 Å². The van der Waals surface area contributed by atoms with Gasteiger partial charge in [-0.2, -0.15) is 0 Å². The van der Waals surface area contributed by atoms with Crippen molar-refractivity contribution in [2.75, 3.05) is 34.4 Å². The molecular formula is C28H35Cl2N3O4. The summed E-state index contributed by atoms with van der Waals surface area (Å²) in [7, 11) is 5.68. The van der Waals surface area contributed by atoms with Crippen molar-refractivity contribution >= 4 is 40.1 Å². The predicted molar refractivity (Wildman–Crippen MR) is 148 cm³/mol. The summed E-state index contributed by atoms with van der Waals surface area (Å²) in [4.78, 5) is 18.0. The third-order valence-electron chi connectivity index (χ3n) is 7.24. The molecule has 7 nitrogen and oxygen atoms in total. The van der Waals surface area contributed by atoms with Crippen molar-refractivity contribution in [2.45, 2.75) is 44.4 Å². The lowest BCUT2D eigenvalue weighted by molar-refractivity contribution is -0.0694. The van der Waals surface area contributed by atoms with Crippen LogP contribution in [0.1, 0.15) is 47.8 Å². The number of rotatable bonds is 9. The van der Waals surface area contributed by atoms with Crippen LogP contribution in [-0.2, 0) is 16.9 Å². The number of benzene rings is 2. The number of nitrogens with zero attached hydrogens (tertiary/aromatic N) is 1. The zero-order valence-electron chi connectivity index (χ0n) is 21.7. The Kier molecular flexibility index (Phi) is 8.71. The fourth-order valence-corrected chi connectivity index (χ4v) is 6.10. The Hall–Kier alpha value is -2.29. The monoisotopic (exact) mass is 547 g/mol. The molecule has 0 spiro atoms. The molecule has 200 valence electrons. The minimum atomic E-state index is -0.964. The van der Waals surface area contributed by atoms with Gasteiger partial charge < -0.3 is 29.8 Å². The molecule has 0 aliphatic heterocycles. The molecular weight excluding hydrogens is 513 g/mol. The van der Waals surface area contributed by atoms with Gasteiger partial charge in [-0.1, -0.05) is 35.3 Å². The topological polar surface area (TPSA) is 86.8 Å². The van der Waals surface area contributed by atoms with Crippen molar-refractivity contribution in [3.8, 4) is 5.75 Å². The van der Waals surface area contributed by atoms with Crippen LogP contribution in [0.3, 0.4) is 0 Å². The third-order valence-corrected chi connectivity index (χ3v) is 7.76. The Bertz CT molecular complexity index is 1260. The number of hydrogen-bond donors (Lipinski definition) is 3. The molecule has 3 unspecified atom stereocenters. The Morgan fingerprint density at radius 3 is 2.76 bits per heavy atom. The van der Waals surface area contributed by atoms with Crippen molar-refractivity contribution in [3.63, 3.8) is 0 Å². The number of methoxy groups -OCH3 is 1. The van der Waals surface area contributed by atoms with E-state index in [2.05, 4.69) is 15.2 Å². The molecule has 3 atom stereocenters. The molecule has 0 radical (unpaired) electrons. The highest BCUT2D eigenvalue weighted by molar-refractivity contribution is 6.39. The van der Waals surface area contributed by atoms with E-state index in [1.54, 1.807) is 26.2 Å². The number of hydrogen-bond acceptors (Lipinski definition) is 6. The standard InChI is InChI=1S/C28H35Cl2N3O4/c1-5-37-27(34)26-22(25-23(30)13-19(29)14-24(25)32-26)15-31-20-9-10-28(35,18(11-20)16-33(2)3)17-7-6-8-21(12-17)36-4/h6-8,12-14,18,20,31-32,35H,5,9-11,15-16H2,1-4H3. The molecule has 1 heterocycles. The first-order valence-corrected chi connectivity index (χ1v) is 13.3. The number of aliphatic hydroxyl groups is 1. The molecule has 37 heavy (non-hydrogen) atoms. The van der Waals surface area contributed by atoms with E-state index in [9.17, 15) is 9.90 Å². The fraction of sp³-hybridized carbons (Fsp3) is 0.464. The Morgan fingerprint density at radius 1 is 1.27 bits per heavy atom. The van der Waals surface area contributed by atoms with Crippen molar-refractivity contribution in [3.05, 3.63) is 63.3 Å². The van der Waals surface area contributed by atoms with Crippen LogP contribution in [0.2, 0.25) is 10.0 Å². The van der Waals surface area contributed by atoms with E-state index in [1.165, 1.54) is 0 Å². The quantitative estimate of drug-likeness (QED) is 0.312. The summed E-state index contributed by atoms with van der Waals surface area (Å²) in [6.45, 7) is 3.20. The van der Waals surface area contributed by atoms with Gasteiger partial charge in [0.25, 0.3) is 0 Å². The minimum Gasteiger partial charge on any atom is -0.497 e. The van der Waals surface area contributed by atoms with Crippen LogP contribution in [-0.4, -0.2) is 61.4 Å². The number of aromatic amines is 1. The molecule has 3 N–H and O–H groups in total. The van der Waals surface area contributed by atoms with Crippen LogP contribution in [0.5, 0.6) is 5.75 Å². The van der Waals surface area contributed by atoms with Crippen LogP contribution < -0.4 is 10.1 Å². The second kappa shape index (κ2) is 11.6. The second-order valence-electron chi connectivity index (χ2n) is 9.98. The van der Waals surface area contributed by atoms with Gasteiger partial charge in [0.05, 0.1) is 24.3 Å². The summed E-state index contributed by atoms with van der Waals surface area (Å²) in [6, 6.07) is 11.3. The fourth-order valence-electron chi connectivity index (χ4n) is 5.49. The Morgan fingerprint density at radius 2 is 2.05 bits per heavy atom. The summed E-state index contributed by atoms with van der Waals surface area (Å²) in [5, 5.41) is 17.3. The predicted octanol–water partition coefficient (Wildman–Crippen LogP) is 5.37. The lowest BCUT2D eigenvalue weighted by Gasteiger charge is -2.45. The molecule has 0 saturated heterocycles. The van der Waals surface area contributed by atoms with Gasteiger partial charge in [0.2, 0.25) is 0 Å². The third kappa shape index (κ3) is 5.91. The number of H-pyrrole nitrogens is 1. The first-order valence-electron chi connectivity index (χ1n) is 12.6. The summed E-state index contributed by atoms with van der Waals surface area (Å²) >= 11 is 12.8. The normalized spacial score (nSPS) is 21.9. The maximum Gasteiger partial charge on any atom is 0.355 e. The maximum absolute atomic E-state index is 12.7. The summed E-state index contributed by atoms with van der Waals surface area (Å²) < 4.78 is 10.7. The van der Waals surface area contributed by atoms with Crippen molar-refractivity contribution < 1.29 is 19.4 Å². The van der Waals surface area contributed by atoms with Crippen molar-refractivity contribution in [1.82, 2.24) is 15.2 Å². The number of carbonyl (C=O) groups is 1. The number of ether oxygens (including phenoxy) is 2. The van der Waals surface area contributed by atoms with Gasteiger partial charge in [0.15, 0.2) is 0 Å². The first kappa shape index (κ1) is 27.7. The molecule has 3 aromatic rings. The zero-order chi connectivity index (χ0) is 26.7. The van der Waals surface area contributed by atoms with Gasteiger partial charge in [-0.3, -0.25) is 0 Å². The number of aromatic nitrogens is 1. The number of carbonyl (C=O) groups excluding carboxylic acids is 1. The first-order chi connectivity index (χ1) is 17.7. The van der Waals surface area contributed by atoms with Crippen LogP contribution in [0, 0.1) is 5.92 Å². The molecule has 1 aliphatic rings. The van der Waals surface area contributed by atoms with E-state index < -0.39 is 11.6 Å². The molecule has 0 amide bonds. The van der Waals surface area contributed by atoms with E-state index in [0.717, 1.165) is 41.6 Å². The van der Waals surface area contributed by atoms with Gasteiger partial charge >= 0.3 is 5.97 Å². The number of esters is 1. The molecule has 1 aromatic heterocycles. The van der Waals surface area contributed by atoms with E-state index in [0.29, 0.717) is 34.2 Å². The van der Waals surface area contributed by atoms with E-state index >= 15 is 0 Å². The van der Waals surface area contributed by atoms with Crippen LogP contribution in [0.25, 0.3) is 10.9 Å². The second-order valence-corrected chi connectivity index (χ2v) is 10.8. The maximum atomic E-state index is 12.7. The average Bonchev–Trinajstić information content (AvgIpc) is 3.23. The van der Waals surface area contributed by atoms with Crippen LogP contribution >= 0.6 is 23.2 Å². The minimum absolute atomic E-state index is 0.00394. The zero-order valence-corrected chi connectivity index (χ0v) is 23.2. The molecule has 9 heteroatoms. The smallest absolute Gasteiger partial charge is 0.355 e. The number of nitrogens with one attached hydrogen (secondary N) is 2. The molecule has 1 aliphatic carbocycles. The largest absolute Gasteiger partial charge is 0.497 e. The van der Waals surface area contributed by atoms with Crippen LogP contribution in [0.15, 0.2) is 36.4 Å². The van der Waals surface area contributed by atoms with Gasteiger partial charge in [0.1, 0.15) is 11.4 Å². The van der Waals surface area contributed by atoms with E-state index in [4.69, 9.17) is 32.7 Å². The van der Waals surface area contributed by atoms with Gasteiger partial charge in [-0.05, 0) is 70.1 Å². The SMILES string of the molecule is CCOC(=O)c1[nH]c2cc(Cl)cc(Cl)c2c1CNC1CCC(O)(c2cccc(OC)c2)C(CN(C)C)C1. The highest BCUT2D eigenvalue weighted by Crippen LogP contribution is 2.43. The summed E-state index contributed by atoms with van der Waals surface area (Å²) in [5.74, 6) is 0.303. The van der Waals surface area contributed by atoms with E-state index in [1.807, 2.05) is 38.4 Å². The van der Waals surface area contributed by atoms with Crippen molar-refractivity contribution in [1.29, 1.82) is 0 Å². The lowest BCUT2D eigenvalue weighted by atomic mass is 9.69. The van der Waals surface area contributed by atoms with Gasteiger partial charge in [0, 0.05) is 46.5 Å². The Balaban J connectivity index is 1.59. The molecule has 1 saturated carbocycles. The lowest BCUT2D eigenvalue weighted by Crippen LogP contribution is -2.49. The number of fused-ring (bicyclic) bond motifs is 1. The highest BCUT2D eigenvalue weighted by atomic mass is 35.5. The molecule has 0 bridgehead atoms. The van der Waals surface area contributed by atoms with Gasteiger partial charge in [-0.25, -0.2) is 4.79 Å². The Labute approximate surface area is 228 Å². The van der Waals surface area contributed by atoms with E-state index in [-0.39, 0.29) is 18.6 Å².